The molecule has 2 rings (SSSR count). The van der Waals surface area contributed by atoms with Crippen LogP contribution in [0.3, 0.4) is 0 Å². The van der Waals surface area contributed by atoms with Crippen LogP contribution in [0, 0.1) is 6.92 Å². The summed E-state index contributed by atoms with van der Waals surface area (Å²) in [5.41, 5.74) is 8.98. The smallest absolute Gasteiger partial charge is 0.258 e. The molecule has 0 spiro atoms. The summed E-state index contributed by atoms with van der Waals surface area (Å²) in [4.78, 5) is 18.4. The summed E-state index contributed by atoms with van der Waals surface area (Å²) in [7, 11) is 1.79. The SMILES string of the molecule is Cc1ccccc1N(C)C(=O)c1ccnc(CCN)c1. The lowest BCUT2D eigenvalue weighted by Gasteiger charge is -2.19. The van der Waals surface area contributed by atoms with E-state index in [2.05, 4.69) is 4.98 Å². The van der Waals surface area contributed by atoms with Crippen LogP contribution in [0.15, 0.2) is 42.6 Å². The molecular formula is C16H19N3O. The first kappa shape index (κ1) is 14.2. The van der Waals surface area contributed by atoms with E-state index in [1.807, 2.05) is 37.3 Å². The van der Waals surface area contributed by atoms with Crippen LogP contribution in [0.4, 0.5) is 5.69 Å². The Balaban J connectivity index is 2.27. The fraction of sp³-hybridized carbons (Fsp3) is 0.250. The Morgan fingerprint density at radius 2 is 2.05 bits per heavy atom. The number of nitrogens with zero attached hydrogens (tertiary/aromatic N) is 2. The predicted octanol–water partition coefficient (Wildman–Crippen LogP) is 2.17. The number of pyridine rings is 1. The number of rotatable bonds is 4. The molecule has 0 saturated carbocycles. The van der Waals surface area contributed by atoms with Crippen molar-refractivity contribution in [1.82, 2.24) is 4.98 Å². The summed E-state index contributed by atoms with van der Waals surface area (Å²) in [6.07, 6.45) is 2.33. The van der Waals surface area contributed by atoms with Gasteiger partial charge in [0.2, 0.25) is 0 Å². The van der Waals surface area contributed by atoms with E-state index in [-0.39, 0.29) is 5.91 Å². The highest BCUT2D eigenvalue weighted by Crippen LogP contribution is 2.20. The second-order valence-corrected chi connectivity index (χ2v) is 4.73. The molecule has 0 aliphatic carbocycles. The Kier molecular flexibility index (Phi) is 4.48. The molecule has 0 unspecified atom stereocenters. The van der Waals surface area contributed by atoms with Crippen LogP contribution in [-0.2, 0) is 6.42 Å². The van der Waals surface area contributed by atoms with Crippen LogP contribution in [0.1, 0.15) is 21.6 Å². The highest BCUT2D eigenvalue weighted by molar-refractivity contribution is 6.06. The third-order valence-corrected chi connectivity index (χ3v) is 3.25. The Bertz CT molecular complexity index is 610. The van der Waals surface area contributed by atoms with Gasteiger partial charge in [0.05, 0.1) is 0 Å². The summed E-state index contributed by atoms with van der Waals surface area (Å²) < 4.78 is 0. The minimum atomic E-state index is -0.0417. The monoisotopic (exact) mass is 269 g/mol. The molecule has 0 aliphatic rings. The highest BCUT2D eigenvalue weighted by atomic mass is 16.2. The number of aromatic nitrogens is 1. The molecule has 0 saturated heterocycles. The fourth-order valence-electron chi connectivity index (χ4n) is 2.14. The lowest BCUT2D eigenvalue weighted by molar-refractivity contribution is 0.0992. The molecule has 0 atom stereocenters. The van der Waals surface area contributed by atoms with Gasteiger partial charge in [0, 0.05) is 36.6 Å². The van der Waals surface area contributed by atoms with Gasteiger partial charge in [-0.25, -0.2) is 0 Å². The molecule has 20 heavy (non-hydrogen) atoms. The zero-order valence-electron chi connectivity index (χ0n) is 11.8. The maximum atomic E-state index is 12.5. The quantitative estimate of drug-likeness (QED) is 0.925. The minimum absolute atomic E-state index is 0.0417. The fourth-order valence-corrected chi connectivity index (χ4v) is 2.14. The van der Waals surface area contributed by atoms with E-state index in [4.69, 9.17) is 5.73 Å². The number of amides is 1. The van der Waals surface area contributed by atoms with Crippen LogP contribution < -0.4 is 10.6 Å². The summed E-state index contributed by atoms with van der Waals surface area (Å²) >= 11 is 0. The number of carbonyl (C=O) groups is 1. The molecule has 1 aromatic heterocycles. The largest absolute Gasteiger partial charge is 0.330 e. The molecule has 2 aromatic rings. The standard InChI is InChI=1S/C16H19N3O/c1-12-5-3-4-6-15(12)19(2)16(20)13-8-10-18-14(11-13)7-9-17/h3-6,8,10-11H,7,9,17H2,1-2H3. The van der Waals surface area contributed by atoms with Gasteiger partial charge in [-0.15, -0.1) is 0 Å². The average Bonchev–Trinajstić information content (AvgIpc) is 2.47. The molecule has 4 nitrogen and oxygen atoms in total. The first-order valence-corrected chi connectivity index (χ1v) is 6.62. The van der Waals surface area contributed by atoms with Gasteiger partial charge in [-0.3, -0.25) is 9.78 Å². The molecular weight excluding hydrogens is 250 g/mol. The van der Waals surface area contributed by atoms with Gasteiger partial charge in [-0.2, -0.15) is 0 Å². The third kappa shape index (κ3) is 3.03. The van der Waals surface area contributed by atoms with Gasteiger partial charge in [-0.1, -0.05) is 18.2 Å². The molecule has 0 bridgehead atoms. The predicted molar refractivity (Wildman–Crippen MR) is 80.9 cm³/mol. The van der Waals surface area contributed by atoms with E-state index in [1.54, 1.807) is 24.2 Å². The van der Waals surface area contributed by atoms with Gasteiger partial charge >= 0.3 is 0 Å². The molecule has 2 N–H and O–H groups in total. The van der Waals surface area contributed by atoms with Crippen molar-refractivity contribution in [3.05, 3.63) is 59.4 Å². The summed E-state index contributed by atoms with van der Waals surface area (Å²) in [6, 6.07) is 11.4. The van der Waals surface area contributed by atoms with E-state index in [9.17, 15) is 4.79 Å². The molecule has 1 aromatic carbocycles. The number of hydrogen-bond donors (Lipinski definition) is 1. The van der Waals surface area contributed by atoms with Crippen LogP contribution in [0.2, 0.25) is 0 Å². The lowest BCUT2D eigenvalue weighted by atomic mass is 10.1. The average molecular weight is 269 g/mol. The minimum Gasteiger partial charge on any atom is -0.330 e. The van der Waals surface area contributed by atoms with Crippen molar-refractivity contribution in [3.63, 3.8) is 0 Å². The maximum Gasteiger partial charge on any atom is 0.258 e. The highest BCUT2D eigenvalue weighted by Gasteiger charge is 2.15. The summed E-state index contributed by atoms with van der Waals surface area (Å²) in [5.74, 6) is -0.0417. The molecule has 1 amide bonds. The number of benzene rings is 1. The van der Waals surface area contributed by atoms with Crippen molar-refractivity contribution in [2.24, 2.45) is 5.73 Å². The Hall–Kier alpha value is -2.20. The molecule has 0 fully saturated rings. The number of aryl methyl sites for hydroxylation is 1. The normalized spacial score (nSPS) is 10.3. The topological polar surface area (TPSA) is 59.2 Å². The number of para-hydroxylation sites is 1. The first-order chi connectivity index (χ1) is 9.63. The van der Waals surface area contributed by atoms with E-state index in [0.29, 0.717) is 18.5 Å². The van der Waals surface area contributed by atoms with Crippen LogP contribution in [0.25, 0.3) is 0 Å². The number of anilines is 1. The van der Waals surface area contributed by atoms with Crippen molar-refractivity contribution in [1.29, 1.82) is 0 Å². The van der Waals surface area contributed by atoms with E-state index >= 15 is 0 Å². The lowest BCUT2D eigenvalue weighted by Crippen LogP contribution is -2.27. The van der Waals surface area contributed by atoms with Crippen LogP contribution in [0.5, 0.6) is 0 Å². The second kappa shape index (κ2) is 6.30. The third-order valence-electron chi connectivity index (χ3n) is 3.25. The van der Waals surface area contributed by atoms with E-state index < -0.39 is 0 Å². The van der Waals surface area contributed by atoms with Crippen molar-refractivity contribution in [2.45, 2.75) is 13.3 Å². The van der Waals surface area contributed by atoms with E-state index in [0.717, 1.165) is 16.9 Å². The van der Waals surface area contributed by atoms with Crippen molar-refractivity contribution < 1.29 is 4.79 Å². The summed E-state index contributed by atoms with van der Waals surface area (Å²) in [6.45, 7) is 2.52. The van der Waals surface area contributed by atoms with Gasteiger partial charge in [-0.05, 0) is 37.2 Å². The molecule has 1 heterocycles. The van der Waals surface area contributed by atoms with Gasteiger partial charge < -0.3 is 10.6 Å². The number of carbonyl (C=O) groups excluding carboxylic acids is 1. The van der Waals surface area contributed by atoms with Crippen molar-refractivity contribution in [2.75, 3.05) is 18.5 Å². The van der Waals surface area contributed by atoms with Gasteiger partial charge in [0.15, 0.2) is 0 Å². The van der Waals surface area contributed by atoms with Crippen molar-refractivity contribution >= 4 is 11.6 Å². The molecule has 0 aliphatic heterocycles. The zero-order chi connectivity index (χ0) is 14.5. The van der Waals surface area contributed by atoms with E-state index in [1.165, 1.54) is 0 Å². The number of nitrogens with two attached hydrogens (primary N) is 1. The van der Waals surface area contributed by atoms with Gasteiger partial charge in [0.25, 0.3) is 5.91 Å². The van der Waals surface area contributed by atoms with Gasteiger partial charge in [0.1, 0.15) is 0 Å². The second-order valence-electron chi connectivity index (χ2n) is 4.73. The molecule has 4 heteroatoms. The first-order valence-electron chi connectivity index (χ1n) is 6.62. The van der Waals surface area contributed by atoms with Crippen molar-refractivity contribution in [3.8, 4) is 0 Å². The molecule has 0 radical (unpaired) electrons. The Labute approximate surface area is 119 Å². The molecule has 104 valence electrons. The zero-order valence-corrected chi connectivity index (χ0v) is 11.8. The van der Waals surface area contributed by atoms with Crippen LogP contribution >= 0.6 is 0 Å². The summed E-state index contributed by atoms with van der Waals surface area (Å²) in [5, 5.41) is 0. The van der Waals surface area contributed by atoms with Crippen LogP contribution in [-0.4, -0.2) is 24.5 Å². The Morgan fingerprint density at radius 1 is 1.30 bits per heavy atom. The maximum absolute atomic E-state index is 12.5. The number of hydrogen-bond acceptors (Lipinski definition) is 3. The Morgan fingerprint density at radius 3 is 2.75 bits per heavy atom.